The minimum absolute atomic E-state index is 0.369. The highest BCUT2D eigenvalue weighted by Gasteiger charge is 2.15. The van der Waals surface area contributed by atoms with E-state index in [2.05, 4.69) is 10.2 Å². The minimum Gasteiger partial charge on any atom is -0.423 e. The van der Waals surface area contributed by atoms with Gasteiger partial charge in [-0.3, -0.25) is 0 Å². The largest absolute Gasteiger partial charge is 0.423 e. The molecule has 0 aliphatic heterocycles. The van der Waals surface area contributed by atoms with Gasteiger partial charge in [-0.1, -0.05) is 24.3 Å². The molecule has 0 saturated carbocycles. The van der Waals surface area contributed by atoms with Crippen molar-refractivity contribution in [3.63, 3.8) is 0 Å². The second kappa shape index (κ2) is 5.68. The summed E-state index contributed by atoms with van der Waals surface area (Å²) in [4.78, 5) is 13.6. The van der Waals surface area contributed by atoms with Crippen LogP contribution in [-0.2, 0) is 7.05 Å². The van der Waals surface area contributed by atoms with Gasteiger partial charge in [0.1, 0.15) is 5.58 Å². The predicted octanol–water partition coefficient (Wildman–Crippen LogP) is 3.80. The van der Waals surface area contributed by atoms with Crippen molar-refractivity contribution in [2.75, 3.05) is 0 Å². The van der Waals surface area contributed by atoms with Crippen molar-refractivity contribution in [3.8, 4) is 10.7 Å². The Morgan fingerprint density at radius 1 is 1.17 bits per heavy atom. The summed E-state index contributed by atoms with van der Waals surface area (Å²) in [6.45, 7) is 0. The standard InChI is InChI=1S/C16H11N3O2S2/c1-19-15(12-7-4-8-22-12)17-18-16(19)23-13-9-14(20)21-11-6-3-2-5-10(11)13/h2-9H,1H3. The first-order valence-electron chi connectivity index (χ1n) is 6.86. The lowest BCUT2D eigenvalue weighted by molar-refractivity contribution is 0.557. The zero-order valence-corrected chi connectivity index (χ0v) is 13.7. The number of fused-ring (bicyclic) bond motifs is 1. The molecule has 7 heteroatoms. The van der Waals surface area contributed by atoms with Gasteiger partial charge in [-0.15, -0.1) is 21.5 Å². The number of nitrogens with zero attached hydrogens (tertiary/aromatic N) is 3. The lowest BCUT2D eigenvalue weighted by atomic mass is 10.2. The maximum Gasteiger partial charge on any atom is 0.337 e. The summed E-state index contributed by atoms with van der Waals surface area (Å²) in [6, 6.07) is 13.0. The van der Waals surface area contributed by atoms with Crippen LogP contribution in [0.15, 0.2) is 67.1 Å². The van der Waals surface area contributed by atoms with Crippen LogP contribution >= 0.6 is 23.1 Å². The van der Waals surface area contributed by atoms with E-state index in [1.165, 1.54) is 17.8 Å². The zero-order valence-electron chi connectivity index (χ0n) is 12.1. The van der Waals surface area contributed by atoms with Gasteiger partial charge in [-0.2, -0.15) is 0 Å². The molecule has 1 aromatic carbocycles. The monoisotopic (exact) mass is 341 g/mol. The summed E-state index contributed by atoms with van der Waals surface area (Å²) in [5.74, 6) is 0.815. The minimum atomic E-state index is -0.369. The van der Waals surface area contributed by atoms with Crippen LogP contribution in [0.5, 0.6) is 0 Å². The number of para-hydroxylation sites is 1. The fraction of sp³-hybridized carbons (Fsp3) is 0.0625. The van der Waals surface area contributed by atoms with E-state index in [0.717, 1.165) is 26.1 Å². The Morgan fingerprint density at radius 2 is 2.04 bits per heavy atom. The van der Waals surface area contributed by atoms with E-state index < -0.39 is 0 Å². The molecule has 0 aliphatic rings. The maximum absolute atomic E-state index is 11.8. The van der Waals surface area contributed by atoms with Crippen LogP contribution in [0.1, 0.15) is 0 Å². The van der Waals surface area contributed by atoms with Gasteiger partial charge >= 0.3 is 5.63 Å². The van der Waals surface area contributed by atoms with Crippen molar-refractivity contribution in [2.45, 2.75) is 10.1 Å². The van der Waals surface area contributed by atoms with E-state index in [1.54, 1.807) is 17.4 Å². The number of benzene rings is 1. The summed E-state index contributed by atoms with van der Waals surface area (Å²) < 4.78 is 7.15. The van der Waals surface area contributed by atoms with Crippen LogP contribution in [0.25, 0.3) is 21.7 Å². The van der Waals surface area contributed by atoms with E-state index in [0.29, 0.717) is 5.58 Å². The van der Waals surface area contributed by atoms with Crippen LogP contribution in [0.2, 0.25) is 0 Å². The van der Waals surface area contributed by atoms with Gasteiger partial charge in [0.25, 0.3) is 0 Å². The first-order valence-corrected chi connectivity index (χ1v) is 8.56. The molecule has 0 amide bonds. The average molecular weight is 341 g/mol. The van der Waals surface area contributed by atoms with E-state index in [9.17, 15) is 4.79 Å². The molecule has 0 spiro atoms. The van der Waals surface area contributed by atoms with Gasteiger partial charge < -0.3 is 8.98 Å². The fourth-order valence-corrected chi connectivity index (χ4v) is 3.97. The molecule has 4 rings (SSSR count). The van der Waals surface area contributed by atoms with Gasteiger partial charge in [-0.05, 0) is 29.3 Å². The number of aromatic nitrogens is 3. The Hall–Kier alpha value is -2.38. The summed E-state index contributed by atoms with van der Waals surface area (Å²) in [5, 5.41) is 12.1. The Balaban J connectivity index is 1.79. The van der Waals surface area contributed by atoms with Crippen LogP contribution < -0.4 is 5.63 Å². The molecule has 114 valence electrons. The van der Waals surface area contributed by atoms with Crippen molar-refractivity contribution < 1.29 is 4.42 Å². The highest BCUT2D eigenvalue weighted by Crippen LogP contribution is 2.33. The van der Waals surface area contributed by atoms with Gasteiger partial charge in [-0.25, -0.2) is 4.79 Å². The van der Waals surface area contributed by atoms with Crippen molar-refractivity contribution in [1.29, 1.82) is 0 Å². The van der Waals surface area contributed by atoms with Gasteiger partial charge in [0.2, 0.25) is 0 Å². The third-order valence-corrected chi connectivity index (χ3v) is 5.35. The summed E-state index contributed by atoms with van der Waals surface area (Å²) in [6.07, 6.45) is 0. The molecular formula is C16H11N3O2S2. The first kappa shape index (κ1) is 14.2. The smallest absolute Gasteiger partial charge is 0.337 e. The molecule has 0 aliphatic carbocycles. The van der Waals surface area contributed by atoms with Crippen molar-refractivity contribution >= 4 is 34.1 Å². The van der Waals surface area contributed by atoms with Crippen LogP contribution in [0.4, 0.5) is 0 Å². The summed E-state index contributed by atoms with van der Waals surface area (Å²) >= 11 is 3.03. The van der Waals surface area contributed by atoms with E-state index in [-0.39, 0.29) is 5.63 Å². The Bertz CT molecular complexity index is 1040. The number of hydrogen-bond donors (Lipinski definition) is 0. The van der Waals surface area contributed by atoms with E-state index >= 15 is 0 Å². The Morgan fingerprint density at radius 3 is 2.87 bits per heavy atom. The molecule has 23 heavy (non-hydrogen) atoms. The molecule has 0 fully saturated rings. The third kappa shape index (κ3) is 2.58. The van der Waals surface area contributed by atoms with Crippen molar-refractivity contribution in [2.24, 2.45) is 7.05 Å². The maximum atomic E-state index is 11.8. The third-order valence-electron chi connectivity index (χ3n) is 3.39. The van der Waals surface area contributed by atoms with Crippen LogP contribution in [-0.4, -0.2) is 14.8 Å². The number of thiophene rings is 1. The van der Waals surface area contributed by atoms with Gasteiger partial charge in [0.05, 0.1) is 4.88 Å². The molecule has 5 nitrogen and oxygen atoms in total. The normalized spacial score (nSPS) is 11.2. The fourth-order valence-electron chi connectivity index (χ4n) is 2.29. The lowest BCUT2D eigenvalue weighted by Crippen LogP contribution is -1.98. The molecule has 0 radical (unpaired) electrons. The molecule has 0 saturated heterocycles. The quantitative estimate of drug-likeness (QED) is 0.530. The topological polar surface area (TPSA) is 60.9 Å². The molecule has 0 atom stereocenters. The second-order valence-corrected chi connectivity index (χ2v) is 6.83. The zero-order chi connectivity index (χ0) is 15.8. The summed E-state index contributed by atoms with van der Waals surface area (Å²) in [5.41, 5.74) is 0.204. The van der Waals surface area contributed by atoms with Crippen LogP contribution in [0, 0.1) is 0 Å². The van der Waals surface area contributed by atoms with Crippen LogP contribution in [0.3, 0.4) is 0 Å². The number of hydrogen-bond acceptors (Lipinski definition) is 6. The molecule has 0 bridgehead atoms. The second-order valence-electron chi connectivity index (χ2n) is 4.87. The predicted molar refractivity (Wildman–Crippen MR) is 90.9 cm³/mol. The molecule has 4 aromatic rings. The molecule has 3 aromatic heterocycles. The van der Waals surface area contributed by atoms with Crippen molar-refractivity contribution in [1.82, 2.24) is 14.8 Å². The van der Waals surface area contributed by atoms with E-state index in [4.69, 9.17) is 4.42 Å². The Kier molecular flexibility index (Phi) is 3.51. The summed E-state index contributed by atoms with van der Waals surface area (Å²) in [7, 11) is 1.92. The molecule has 3 heterocycles. The Labute approximate surface area is 139 Å². The molecular weight excluding hydrogens is 330 g/mol. The van der Waals surface area contributed by atoms with Gasteiger partial charge in [0.15, 0.2) is 11.0 Å². The molecule has 0 unspecified atom stereocenters. The van der Waals surface area contributed by atoms with Gasteiger partial charge in [0, 0.05) is 23.4 Å². The first-order chi connectivity index (χ1) is 11.2. The average Bonchev–Trinajstić information content (AvgIpc) is 3.18. The highest BCUT2D eigenvalue weighted by atomic mass is 32.2. The van der Waals surface area contributed by atoms with Crippen molar-refractivity contribution in [3.05, 3.63) is 58.3 Å². The highest BCUT2D eigenvalue weighted by molar-refractivity contribution is 7.99. The molecule has 0 N–H and O–H groups in total. The SMILES string of the molecule is Cn1c(Sc2cc(=O)oc3ccccc23)nnc1-c1cccs1. The lowest BCUT2D eigenvalue weighted by Gasteiger charge is -2.05. The van der Waals surface area contributed by atoms with E-state index in [1.807, 2.05) is 47.3 Å². The number of rotatable bonds is 3.